The highest BCUT2D eigenvalue weighted by Crippen LogP contribution is 1.96. The Morgan fingerprint density at radius 3 is 2.50 bits per heavy atom. The maximum absolute atomic E-state index is 5.24. The largest absolute Gasteiger partial charge is 0.447 e. The Bertz CT molecular complexity index is 285. The minimum Gasteiger partial charge on any atom is -0.447 e. The average Bonchev–Trinajstić information content (AvgIpc) is 2.23. The van der Waals surface area contributed by atoms with E-state index in [1.165, 1.54) is 12.7 Å². The van der Waals surface area contributed by atoms with Gasteiger partial charge in [0.2, 0.25) is 0 Å². The lowest BCUT2D eigenvalue weighted by atomic mass is 10.1. The minimum absolute atomic E-state index is 0.150. The van der Waals surface area contributed by atoms with E-state index in [2.05, 4.69) is 46.4 Å². The van der Waals surface area contributed by atoms with Gasteiger partial charge in [0.1, 0.15) is 19.4 Å². The molecule has 0 aliphatic rings. The molecule has 16 heavy (non-hydrogen) atoms. The first-order valence-electron chi connectivity index (χ1n) is 5.28. The molecular weight excluding hydrogens is 206 g/mol. The predicted octanol–water partition coefficient (Wildman–Crippen LogP) is 0.186. The van der Waals surface area contributed by atoms with Gasteiger partial charge < -0.3 is 10.1 Å². The van der Waals surface area contributed by atoms with Gasteiger partial charge >= 0.3 is 6.01 Å². The van der Waals surface area contributed by atoms with Crippen molar-refractivity contribution in [3.05, 3.63) is 12.7 Å². The average molecular weight is 225 g/mol. The third kappa shape index (κ3) is 6.26. The summed E-state index contributed by atoms with van der Waals surface area (Å²) in [4.78, 5) is 11.4. The Labute approximate surface area is 95.9 Å². The fourth-order valence-electron chi connectivity index (χ4n) is 1.02. The van der Waals surface area contributed by atoms with Crippen LogP contribution in [0, 0.1) is 0 Å². The maximum Gasteiger partial charge on any atom is 0.320 e. The third-order valence-electron chi connectivity index (χ3n) is 1.73. The molecular formula is C10H19N5O. The first-order valence-corrected chi connectivity index (χ1v) is 5.28. The van der Waals surface area contributed by atoms with E-state index >= 15 is 0 Å². The van der Waals surface area contributed by atoms with Crippen molar-refractivity contribution in [2.45, 2.75) is 26.3 Å². The first-order chi connectivity index (χ1) is 7.58. The van der Waals surface area contributed by atoms with Gasteiger partial charge in [0.15, 0.2) is 0 Å². The molecule has 0 spiro atoms. The van der Waals surface area contributed by atoms with Crippen LogP contribution in [0.3, 0.4) is 0 Å². The van der Waals surface area contributed by atoms with Crippen molar-refractivity contribution < 1.29 is 4.74 Å². The highest BCUT2D eigenvalue weighted by molar-refractivity contribution is 4.86. The van der Waals surface area contributed by atoms with E-state index in [4.69, 9.17) is 4.74 Å². The lowest BCUT2D eigenvalue weighted by molar-refractivity contribution is 0.259. The molecule has 0 saturated heterocycles. The second-order valence-corrected chi connectivity index (χ2v) is 4.39. The second-order valence-electron chi connectivity index (χ2n) is 4.39. The minimum atomic E-state index is 0.150. The van der Waals surface area contributed by atoms with Crippen molar-refractivity contribution in [2.24, 2.45) is 0 Å². The number of hydrogen-bond donors (Lipinski definition) is 2. The van der Waals surface area contributed by atoms with Crippen LogP contribution < -0.4 is 15.4 Å². The van der Waals surface area contributed by atoms with Gasteiger partial charge in [-0.25, -0.2) is 4.98 Å². The third-order valence-corrected chi connectivity index (χ3v) is 1.73. The molecule has 0 aromatic carbocycles. The fourth-order valence-corrected chi connectivity index (χ4v) is 1.02. The Morgan fingerprint density at radius 1 is 1.19 bits per heavy atom. The molecule has 90 valence electrons. The molecule has 0 aliphatic carbocycles. The molecule has 0 bridgehead atoms. The Hall–Kier alpha value is -1.27. The molecule has 0 aliphatic heterocycles. The zero-order chi connectivity index (χ0) is 11.9. The summed E-state index contributed by atoms with van der Waals surface area (Å²) in [6.45, 7) is 8.53. The van der Waals surface area contributed by atoms with Gasteiger partial charge in [-0.05, 0) is 20.8 Å². The molecule has 1 rings (SSSR count). The lowest BCUT2D eigenvalue weighted by Gasteiger charge is -2.20. The van der Waals surface area contributed by atoms with E-state index in [0.29, 0.717) is 12.7 Å². The molecule has 0 radical (unpaired) electrons. The quantitative estimate of drug-likeness (QED) is 0.532. The van der Waals surface area contributed by atoms with Gasteiger partial charge in [0.05, 0.1) is 0 Å². The van der Waals surface area contributed by atoms with E-state index in [-0.39, 0.29) is 5.54 Å². The zero-order valence-electron chi connectivity index (χ0n) is 10.0. The van der Waals surface area contributed by atoms with Crippen LogP contribution in [0.15, 0.2) is 12.7 Å². The molecule has 0 saturated carbocycles. The second kappa shape index (κ2) is 6.34. The van der Waals surface area contributed by atoms with Gasteiger partial charge in [-0.3, -0.25) is 5.32 Å². The van der Waals surface area contributed by atoms with Gasteiger partial charge in [-0.1, -0.05) is 0 Å². The van der Waals surface area contributed by atoms with Crippen molar-refractivity contribution in [3.8, 4) is 6.01 Å². The molecule has 2 N–H and O–H groups in total. The Balaban J connectivity index is 2.01. The van der Waals surface area contributed by atoms with E-state index in [9.17, 15) is 0 Å². The molecule has 0 unspecified atom stereocenters. The van der Waals surface area contributed by atoms with Crippen LogP contribution in [-0.4, -0.2) is 40.3 Å². The molecule has 0 amide bonds. The zero-order valence-corrected chi connectivity index (χ0v) is 10.0. The maximum atomic E-state index is 5.24. The van der Waals surface area contributed by atoms with Crippen LogP contribution in [0.1, 0.15) is 20.8 Å². The van der Waals surface area contributed by atoms with Crippen molar-refractivity contribution in [1.82, 2.24) is 25.6 Å². The highest BCUT2D eigenvalue weighted by Gasteiger charge is 2.06. The molecule has 1 aromatic rings. The summed E-state index contributed by atoms with van der Waals surface area (Å²) < 4.78 is 5.24. The summed E-state index contributed by atoms with van der Waals surface area (Å²) in [5.41, 5.74) is 0.150. The van der Waals surface area contributed by atoms with Crippen LogP contribution in [0.25, 0.3) is 0 Å². The van der Waals surface area contributed by atoms with Crippen LogP contribution in [0.5, 0.6) is 6.01 Å². The predicted molar refractivity (Wildman–Crippen MR) is 61.1 cm³/mol. The van der Waals surface area contributed by atoms with E-state index in [0.717, 1.165) is 13.1 Å². The summed E-state index contributed by atoms with van der Waals surface area (Å²) in [5, 5.41) is 6.48. The summed E-state index contributed by atoms with van der Waals surface area (Å²) in [7, 11) is 0. The number of aromatic nitrogens is 3. The van der Waals surface area contributed by atoms with Crippen molar-refractivity contribution in [3.63, 3.8) is 0 Å². The highest BCUT2D eigenvalue weighted by atomic mass is 16.5. The van der Waals surface area contributed by atoms with Gasteiger partial charge in [0, 0.05) is 18.6 Å². The molecule has 1 heterocycles. The first kappa shape index (κ1) is 12.8. The van der Waals surface area contributed by atoms with Crippen LogP contribution in [-0.2, 0) is 0 Å². The van der Waals surface area contributed by atoms with Crippen molar-refractivity contribution in [2.75, 3.05) is 19.8 Å². The van der Waals surface area contributed by atoms with E-state index in [1.54, 1.807) is 0 Å². The molecule has 6 nitrogen and oxygen atoms in total. The van der Waals surface area contributed by atoms with Crippen molar-refractivity contribution >= 4 is 0 Å². The number of nitrogens with zero attached hydrogens (tertiary/aromatic N) is 3. The molecule has 0 fully saturated rings. The van der Waals surface area contributed by atoms with Crippen LogP contribution in [0.2, 0.25) is 0 Å². The summed E-state index contributed by atoms with van der Waals surface area (Å²) >= 11 is 0. The fraction of sp³-hybridized carbons (Fsp3) is 0.700. The van der Waals surface area contributed by atoms with E-state index in [1.807, 2.05) is 0 Å². The van der Waals surface area contributed by atoms with Crippen LogP contribution in [0.4, 0.5) is 0 Å². The lowest BCUT2D eigenvalue weighted by Crippen LogP contribution is -2.40. The Morgan fingerprint density at radius 2 is 1.88 bits per heavy atom. The SMILES string of the molecule is CC(C)(C)NCCNCOc1ncncn1. The van der Waals surface area contributed by atoms with Gasteiger partial charge in [0.25, 0.3) is 0 Å². The smallest absolute Gasteiger partial charge is 0.320 e. The monoisotopic (exact) mass is 225 g/mol. The number of nitrogens with one attached hydrogen (secondary N) is 2. The molecule has 0 atom stereocenters. The summed E-state index contributed by atoms with van der Waals surface area (Å²) in [6, 6.07) is 0.339. The summed E-state index contributed by atoms with van der Waals surface area (Å²) in [5.74, 6) is 0. The number of ether oxygens (including phenoxy) is 1. The van der Waals surface area contributed by atoms with Crippen molar-refractivity contribution in [1.29, 1.82) is 0 Å². The van der Waals surface area contributed by atoms with E-state index < -0.39 is 0 Å². The normalized spacial score (nSPS) is 11.4. The Kier molecular flexibility index (Phi) is 5.07. The summed E-state index contributed by atoms with van der Waals surface area (Å²) in [6.07, 6.45) is 2.81. The molecule has 6 heteroatoms. The van der Waals surface area contributed by atoms with Gasteiger partial charge in [-0.15, -0.1) is 0 Å². The number of hydrogen-bond acceptors (Lipinski definition) is 6. The van der Waals surface area contributed by atoms with Crippen LogP contribution >= 0.6 is 0 Å². The van der Waals surface area contributed by atoms with Gasteiger partial charge in [-0.2, -0.15) is 9.97 Å². The topological polar surface area (TPSA) is 72.0 Å². The number of rotatable bonds is 6. The standard InChI is InChI=1S/C10H19N5O/c1-10(2,3)15-5-4-11-8-16-9-13-6-12-7-14-9/h6-7,11,15H,4-5,8H2,1-3H3. The molecule has 1 aromatic heterocycles.